The van der Waals surface area contributed by atoms with Crippen LogP contribution in [-0.4, -0.2) is 66.3 Å². The first kappa shape index (κ1) is 15.6. The fraction of sp³-hybridized carbons (Fsp3) is 0.923. The zero-order valence-corrected chi connectivity index (χ0v) is 11.6. The van der Waals surface area contributed by atoms with Crippen molar-refractivity contribution >= 4 is 5.97 Å². The number of hydrogen-bond donors (Lipinski definition) is 1. The van der Waals surface area contributed by atoms with Crippen molar-refractivity contribution in [2.24, 2.45) is 5.41 Å². The van der Waals surface area contributed by atoms with Crippen LogP contribution in [-0.2, 0) is 4.79 Å². The third-order valence-electron chi connectivity index (χ3n) is 4.69. The van der Waals surface area contributed by atoms with E-state index >= 15 is 0 Å². The minimum Gasteiger partial charge on any atom is -0.481 e. The van der Waals surface area contributed by atoms with Crippen LogP contribution >= 0.6 is 0 Å². The molecule has 0 aliphatic carbocycles. The molecule has 7 heteroatoms. The van der Waals surface area contributed by atoms with Crippen molar-refractivity contribution in [2.75, 3.05) is 33.2 Å². The van der Waals surface area contributed by atoms with E-state index in [1.807, 2.05) is 7.05 Å². The summed E-state index contributed by atoms with van der Waals surface area (Å²) in [5.41, 5.74) is -2.58. The van der Waals surface area contributed by atoms with Crippen molar-refractivity contribution in [3.63, 3.8) is 0 Å². The molecule has 0 bridgehead atoms. The van der Waals surface area contributed by atoms with Gasteiger partial charge in [0.2, 0.25) is 0 Å². The highest BCUT2D eigenvalue weighted by atomic mass is 19.4. The molecule has 0 amide bonds. The number of alkyl halides is 3. The summed E-state index contributed by atoms with van der Waals surface area (Å²) >= 11 is 0. The molecule has 1 N–H and O–H groups in total. The quantitative estimate of drug-likeness (QED) is 0.843. The van der Waals surface area contributed by atoms with Gasteiger partial charge in [-0.1, -0.05) is 0 Å². The zero-order chi connectivity index (χ0) is 15.0. The van der Waals surface area contributed by atoms with E-state index < -0.39 is 24.1 Å². The van der Waals surface area contributed by atoms with Gasteiger partial charge >= 0.3 is 12.1 Å². The Bertz CT molecular complexity index is 375. The average molecular weight is 294 g/mol. The Morgan fingerprint density at radius 3 is 2.50 bits per heavy atom. The summed E-state index contributed by atoms with van der Waals surface area (Å²) < 4.78 is 39.4. The van der Waals surface area contributed by atoms with Gasteiger partial charge in [-0.05, 0) is 52.4 Å². The molecule has 0 radical (unpaired) electrons. The van der Waals surface area contributed by atoms with Crippen LogP contribution in [0, 0.1) is 5.41 Å². The Morgan fingerprint density at radius 2 is 1.95 bits per heavy atom. The number of rotatable bonds is 2. The van der Waals surface area contributed by atoms with Crippen LogP contribution in [0.3, 0.4) is 0 Å². The van der Waals surface area contributed by atoms with Crippen LogP contribution in [0.1, 0.15) is 25.7 Å². The van der Waals surface area contributed by atoms with Crippen LogP contribution < -0.4 is 0 Å². The van der Waals surface area contributed by atoms with E-state index in [9.17, 15) is 18.0 Å². The Labute approximate surface area is 116 Å². The van der Waals surface area contributed by atoms with Crippen LogP contribution in [0.4, 0.5) is 13.2 Å². The molecule has 20 heavy (non-hydrogen) atoms. The van der Waals surface area contributed by atoms with Crippen LogP contribution in [0.5, 0.6) is 0 Å². The molecule has 116 valence electrons. The Morgan fingerprint density at radius 1 is 1.25 bits per heavy atom. The number of carboxylic acid groups (broad SMARTS) is 1. The molecule has 2 rings (SSSR count). The minimum atomic E-state index is -4.69. The Balaban J connectivity index is 2.08. The highest BCUT2D eigenvalue weighted by molar-refractivity contribution is 5.76. The second kappa shape index (κ2) is 5.52. The lowest BCUT2D eigenvalue weighted by Crippen LogP contribution is -2.48. The lowest BCUT2D eigenvalue weighted by Gasteiger charge is -2.30. The molecule has 0 aromatic carbocycles. The summed E-state index contributed by atoms with van der Waals surface area (Å²) in [4.78, 5) is 15.1. The molecular weight excluding hydrogens is 273 g/mol. The van der Waals surface area contributed by atoms with E-state index in [-0.39, 0.29) is 19.0 Å². The molecular formula is C13H21F3N2O2. The molecule has 0 aromatic heterocycles. The van der Waals surface area contributed by atoms with Gasteiger partial charge in [-0.25, -0.2) is 0 Å². The molecule has 2 aliphatic heterocycles. The molecule has 0 aromatic rings. The summed E-state index contributed by atoms with van der Waals surface area (Å²) in [5, 5.41) is 9.06. The van der Waals surface area contributed by atoms with Crippen molar-refractivity contribution in [3.05, 3.63) is 0 Å². The Hall–Kier alpha value is -0.820. The fourth-order valence-electron chi connectivity index (χ4n) is 3.27. The molecule has 0 saturated carbocycles. The molecule has 2 atom stereocenters. The van der Waals surface area contributed by atoms with E-state index in [2.05, 4.69) is 4.90 Å². The van der Waals surface area contributed by atoms with Crippen LogP contribution in [0.2, 0.25) is 0 Å². The van der Waals surface area contributed by atoms with Crippen molar-refractivity contribution in [3.8, 4) is 0 Å². The third-order valence-corrected chi connectivity index (χ3v) is 4.69. The SMILES string of the molecule is CN1CCCC(N2CCC(C(=O)O)(C(F)(F)F)C2)CC1. The van der Waals surface area contributed by atoms with Gasteiger partial charge < -0.3 is 10.0 Å². The maximum absolute atomic E-state index is 13.1. The molecule has 0 spiro atoms. The van der Waals surface area contributed by atoms with Gasteiger partial charge in [-0.3, -0.25) is 9.69 Å². The normalized spacial score (nSPS) is 34.1. The van der Waals surface area contributed by atoms with Gasteiger partial charge in [0.05, 0.1) is 0 Å². The summed E-state index contributed by atoms with van der Waals surface area (Å²) in [6.45, 7) is 1.63. The predicted octanol–water partition coefficient (Wildman–Crippen LogP) is 1.81. The third kappa shape index (κ3) is 2.79. The molecule has 2 unspecified atom stereocenters. The molecule has 2 fully saturated rings. The maximum Gasteiger partial charge on any atom is 0.406 e. The van der Waals surface area contributed by atoms with Crippen LogP contribution in [0.25, 0.3) is 0 Å². The summed E-state index contributed by atoms with van der Waals surface area (Å²) in [6.07, 6.45) is -2.42. The largest absolute Gasteiger partial charge is 0.481 e. The highest BCUT2D eigenvalue weighted by Crippen LogP contribution is 2.46. The number of carbonyl (C=O) groups is 1. The molecule has 2 saturated heterocycles. The highest BCUT2D eigenvalue weighted by Gasteiger charge is 2.64. The van der Waals surface area contributed by atoms with Crippen molar-refractivity contribution < 1.29 is 23.1 Å². The predicted molar refractivity (Wildman–Crippen MR) is 67.4 cm³/mol. The van der Waals surface area contributed by atoms with Gasteiger partial charge in [-0.15, -0.1) is 0 Å². The topological polar surface area (TPSA) is 43.8 Å². The van der Waals surface area contributed by atoms with Gasteiger partial charge in [0.15, 0.2) is 5.41 Å². The van der Waals surface area contributed by atoms with Gasteiger partial charge in [0.25, 0.3) is 0 Å². The molecule has 4 nitrogen and oxygen atoms in total. The molecule has 2 aliphatic rings. The van der Waals surface area contributed by atoms with Gasteiger partial charge in [0.1, 0.15) is 0 Å². The maximum atomic E-state index is 13.1. The van der Waals surface area contributed by atoms with E-state index in [0.717, 1.165) is 32.4 Å². The molecule has 2 heterocycles. The number of carboxylic acids is 1. The standard InChI is InChI=1S/C13H21F3N2O2/c1-17-6-2-3-10(4-7-17)18-8-5-12(9-18,11(19)20)13(14,15)16/h10H,2-9H2,1H3,(H,19,20). The van der Waals surface area contributed by atoms with E-state index in [0.29, 0.717) is 0 Å². The first-order chi connectivity index (χ1) is 9.26. The number of nitrogens with zero attached hydrogens (tertiary/aromatic N) is 2. The van der Waals surface area contributed by atoms with Crippen molar-refractivity contribution in [1.82, 2.24) is 9.80 Å². The smallest absolute Gasteiger partial charge is 0.406 e. The summed E-state index contributed by atoms with van der Waals surface area (Å²) in [5.74, 6) is -1.74. The van der Waals surface area contributed by atoms with E-state index in [1.54, 1.807) is 4.90 Å². The van der Waals surface area contributed by atoms with E-state index in [4.69, 9.17) is 5.11 Å². The lowest BCUT2D eigenvalue weighted by atomic mass is 9.86. The first-order valence-corrected chi connectivity index (χ1v) is 6.99. The van der Waals surface area contributed by atoms with E-state index in [1.165, 1.54) is 0 Å². The second-order valence-corrected chi connectivity index (χ2v) is 5.99. The fourth-order valence-corrected chi connectivity index (χ4v) is 3.27. The monoisotopic (exact) mass is 294 g/mol. The second-order valence-electron chi connectivity index (χ2n) is 5.99. The van der Waals surface area contributed by atoms with Crippen molar-refractivity contribution in [1.29, 1.82) is 0 Å². The zero-order valence-electron chi connectivity index (χ0n) is 11.6. The van der Waals surface area contributed by atoms with Crippen LogP contribution in [0.15, 0.2) is 0 Å². The van der Waals surface area contributed by atoms with Crippen molar-refractivity contribution in [2.45, 2.75) is 37.9 Å². The first-order valence-electron chi connectivity index (χ1n) is 6.99. The summed E-state index contributed by atoms with van der Waals surface area (Å²) in [6, 6.07) is 0.0727. The average Bonchev–Trinajstić information content (AvgIpc) is 2.69. The number of likely N-dealkylation sites (tertiary alicyclic amines) is 2. The lowest BCUT2D eigenvalue weighted by molar-refractivity contribution is -0.227. The minimum absolute atomic E-state index is 0.0727. The Kier molecular flexibility index (Phi) is 4.30. The van der Waals surface area contributed by atoms with Gasteiger partial charge in [0, 0.05) is 12.6 Å². The summed E-state index contributed by atoms with van der Waals surface area (Å²) in [7, 11) is 2.00. The number of hydrogen-bond acceptors (Lipinski definition) is 3. The van der Waals surface area contributed by atoms with Gasteiger partial charge in [-0.2, -0.15) is 13.2 Å². The number of aliphatic carboxylic acids is 1. The number of halogens is 3.